The molecular formula is C12H28N2. The normalized spacial score (nSPS) is 16.3. The van der Waals surface area contributed by atoms with Crippen molar-refractivity contribution in [2.45, 2.75) is 47.1 Å². The van der Waals surface area contributed by atoms with E-state index in [4.69, 9.17) is 5.73 Å². The predicted molar refractivity (Wildman–Crippen MR) is 64.4 cm³/mol. The molecule has 0 aliphatic heterocycles. The highest BCUT2D eigenvalue weighted by atomic mass is 15.2. The van der Waals surface area contributed by atoms with Crippen molar-refractivity contribution < 1.29 is 0 Å². The molecule has 0 saturated carbocycles. The second kappa shape index (κ2) is 7.24. The predicted octanol–water partition coefficient (Wildman–Crippen LogP) is 2.34. The second-order valence-corrected chi connectivity index (χ2v) is 4.65. The fourth-order valence-corrected chi connectivity index (χ4v) is 1.87. The van der Waals surface area contributed by atoms with Gasteiger partial charge in [0.05, 0.1) is 0 Å². The van der Waals surface area contributed by atoms with Gasteiger partial charge in [0.25, 0.3) is 0 Å². The zero-order valence-electron chi connectivity index (χ0n) is 10.6. The Hall–Kier alpha value is -0.0800. The van der Waals surface area contributed by atoms with Gasteiger partial charge in [0.15, 0.2) is 0 Å². The van der Waals surface area contributed by atoms with Crippen LogP contribution in [-0.2, 0) is 0 Å². The van der Waals surface area contributed by atoms with Crippen molar-refractivity contribution in [3.63, 3.8) is 0 Å². The first kappa shape index (κ1) is 13.9. The van der Waals surface area contributed by atoms with Crippen LogP contribution in [0.1, 0.15) is 41.0 Å². The van der Waals surface area contributed by atoms with Crippen LogP contribution in [0.2, 0.25) is 0 Å². The lowest BCUT2D eigenvalue weighted by molar-refractivity contribution is 0.145. The molecule has 14 heavy (non-hydrogen) atoms. The Kier molecular flexibility index (Phi) is 7.20. The van der Waals surface area contributed by atoms with Crippen LogP contribution in [0, 0.1) is 11.8 Å². The average molecular weight is 200 g/mol. The van der Waals surface area contributed by atoms with Gasteiger partial charge < -0.3 is 5.73 Å². The Morgan fingerprint density at radius 2 is 1.71 bits per heavy atom. The summed E-state index contributed by atoms with van der Waals surface area (Å²) in [6.45, 7) is 14.4. The first-order valence-corrected chi connectivity index (χ1v) is 6.00. The fourth-order valence-electron chi connectivity index (χ4n) is 1.87. The molecule has 0 spiro atoms. The van der Waals surface area contributed by atoms with E-state index < -0.39 is 0 Å². The summed E-state index contributed by atoms with van der Waals surface area (Å²) >= 11 is 0. The molecule has 0 saturated heterocycles. The molecule has 0 fully saturated rings. The van der Waals surface area contributed by atoms with Crippen LogP contribution >= 0.6 is 0 Å². The molecule has 0 bridgehead atoms. The summed E-state index contributed by atoms with van der Waals surface area (Å²) < 4.78 is 0. The van der Waals surface area contributed by atoms with Gasteiger partial charge in [-0.2, -0.15) is 0 Å². The smallest absolute Gasteiger partial charge is 0.0241 e. The van der Waals surface area contributed by atoms with E-state index in [1.54, 1.807) is 0 Å². The van der Waals surface area contributed by atoms with E-state index in [-0.39, 0.29) is 0 Å². The van der Waals surface area contributed by atoms with Crippen LogP contribution in [0.15, 0.2) is 0 Å². The van der Waals surface area contributed by atoms with Crippen molar-refractivity contribution in [2.75, 3.05) is 19.6 Å². The van der Waals surface area contributed by atoms with Crippen molar-refractivity contribution >= 4 is 0 Å². The summed E-state index contributed by atoms with van der Waals surface area (Å²) in [5.74, 6) is 1.44. The van der Waals surface area contributed by atoms with E-state index in [1.807, 2.05) is 0 Å². The molecule has 2 unspecified atom stereocenters. The summed E-state index contributed by atoms with van der Waals surface area (Å²) in [7, 11) is 0. The summed E-state index contributed by atoms with van der Waals surface area (Å²) in [4.78, 5) is 2.53. The maximum atomic E-state index is 5.83. The summed E-state index contributed by atoms with van der Waals surface area (Å²) in [5.41, 5.74) is 5.83. The van der Waals surface area contributed by atoms with Gasteiger partial charge in [-0.05, 0) is 18.4 Å². The van der Waals surface area contributed by atoms with Gasteiger partial charge in [-0.1, -0.05) is 41.0 Å². The number of rotatable bonds is 7. The van der Waals surface area contributed by atoms with E-state index in [0.717, 1.165) is 19.0 Å². The van der Waals surface area contributed by atoms with E-state index in [9.17, 15) is 0 Å². The molecule has 0 heterocycles. The van der Waals surface area contributed by atoms with Crippen molar-refractivity contribution in [1.29, 1.82) is 0 Å². The van der Waals surface area contributed by atoms with Crippen LogP contribution in [0.5, 0.6) is 0 Å². The molecule has 2 nitrogen and oxygen atoms in total. The lowest BCUT2D eigenvalue weighted by Crippen LogP contribution is -2.45. The Morgan fingerprint density at radius 1 is 1.14 bits per heavy atom. The van der Waals surface area contributed by atoms with Gasteiger partial charge in [0.1, 0.15) is 0 Å². The Bertz CT molecular complexity index is 134. The second-order valence-electron chi connectivity index (χ2n) is 4.65. The summed E-state index contributed by atoms with van der Waals surface area (Å²) in [6.07, 6.45) is 1.26. The monoisotopic (exact) mass is 200 g/mol. The summed E-state index contributed by atoms with van der Waals surface area (Å²) in [5, 5.41) is 0. The average Bonchev–Trinajstić information content (AvgIpc) is 2.16. The standard InChI is InChI=1S/C12H28N2/c1-6-11(5)9-14(7-2)12(8-13)10(3)4/h10-12H,6-9,13H2,1-5H3. The van der Waals surface area contributed by atoms with Crippen molar-refractivity contribution in [1.82, 2.24) is 4.90 Å². The maximum absolute atomic E-state index is 5.83. The molecule has 86 valence electrons. The third-order valence-electron chi connectivity index (χ3n) is 3.13. The van der Waals surface area contributed by atoms with E-state index in [2.05, 4.69) is 39.5 Å². The quantitative estimate of drug-likeness (QED) is 0.683. The van der Waals surface area contributed by atoms with Crippen molar-refractivity contribution in [3.8, 4) is 0 Å². The maximum Gasteiger partial charge on any atom is 0.0241 e. The lowest BCUT2D eigenvalue weighted by atomic mass is 10.0. The highest BCUT2D eigenvalue weighted by molar-refractivity contribution is 4.76. The Morgan fingerprint density at radius 3 is 2.00 bits per heavy atom. The molecule has 0 aliphatic rings. The minimum absolute atomic E-state index is 0.550. The SMILES string of the molecule is CCC(C)CN(CC)C(CN)C(C)C. The molecule has 2 atom stereocenters. The molecule has 0 radical (unpaired) electrons. The lowest BCUT2D eigenvalue weighted by Gasteiger charge is -2.34. The number of nitrogens with zero attached hydrogens (tertiary/aromatic N) is 1. The van der Waals surface area contributed by atoms with Gasteiger partial charge >= 0.3 is 0 Å². The molecule has 0 rings (SSSR count). The molecular weight excluding hydrogens is 172 g/mol. The van der Waals surface area contributed by atoms with Crippen LogP contribution in [0.4, 0.5) is 0 Å². The molecule has 0 aromatic rings. The number of likely N-dealkylation sites (N-methyl/N-ethyl adjacent to an activating group) is 1. The number of hydrogen-bond donors (Lipinski definition) is 1. The molecule has 0 amide bonds. The van der Waals surface area contributed by atoms with Crippen molar-refractivity contribution in [2.24, 2.45) is 17.6 Å². The van der Waals surface area contributed by atoms with Crippen molar-refractivity contribution in [3.05, 3.63) is 0 Å². The fraction of sp³-hybridized carbons (Fsp3) is 1.00. The number of nitrogens with two attached hydrogens (primary N) is 1. The highest BCUT2D eigenvalue weighted by Crippen LogP contribution is 2.13. The summed E-state index contributed by atoms with van der Waals surface area (Å²) in [6, 6.07) is 0.550. The van der Waals surface area contributed by atoms with Crippen LogP contribution in [0.3, 0.4) is 0 Å². The topological polar surface area (TPSA) is 29.3 Å². The molecule has 2 heteroatoms. The van der Waals surface area contributed by atoms with Gasteiger partial charge in [0, 0.05) is 19.1 Å². The highest BCUT2D eigenvalue weighted by Gasteiger charge is 2.19. The van der Waals surface area contributed by atoms with Gasteiger partial charge in [-0.3, -0.25) is 4.90 Å². The molecule has 0 aromatic heterocycles. The van der Waals surface area contributed by atoms with Gasteiger partial charge in [0.2, 0.25) is 0 Å². The minimum atomic E-state index is 0.550. The molecule has 0 aliphatic carbocycles. The van der Waals surface area contributed by atoms with E-state index in [1.165, 1.54) is 13.0 Å². The largest absolute Gasteiger partial charge is 0.329 e. The van der Waals surface area contributed by atoms with Gasteiger partial charge in [-0.15, -0.1) is 0 Å². The molecule has 0 aromatic carbocycles. The zero-order chi connectivity index (χ0) is 11.1. The third kappa shape index (κ3) is 4.43. The zero-order valence-corrected chi connectivity index (χ0v) is 10.6. The first-order valence-electron chi connectivity index (χ1n) is 6.00. The first-order chi connectivity index (χ1) is 6.56. The van der Waals surface area contributed by atoms with Crippen LogP contribution in [-0.4, -0.2) is 30.6 Å². The molecule has 2 N–H and O–H groups in total. The van der Waals surface area contributed by atoms with Crippen LogP contribution < -0.4 is 5.73 Å². The number of hydrogen-bond acceptors (Lipinski definition) is 2. The van der Waals surface area contributed by atoms with E-state index in [0.29, 0.717) is 12.0 Å². The Labute approximate surface area is 89.9 Å². The minimum Gasteiger partial charge on any atom is -0.329 e. The van der Waals surface area contributed by atoms with E-state index >= 15 is 0 Å². The Balaban J connectivity index is 4.21. The third-order valence-corrected chi connectivity index (χ3v) is 3.13. The van der Waals surface area contributed by atoms with Gasteiger partial charge in [-0.25, -0.2) is 0 Å². The van der Waals surface area contributed by atoms with Crippen LogP contribution in [0.25, 0.3) is 0 Å².